The first-order valence-corrected chi connectivity index (χ1v) is 10.7. The first-order valence-electron chi connectivity index (χ1n) is 10.7. The number of fused-ring (bicyclic) bond motifs is 4. The highest BCUT2D eigenvalue weighted by Crippen LogP contribution is 2.40. The second-order valence-corrected chi connectivity index (χ2v) is 8.48. The number of pyridine rings is 2. The zero-order chi connectivity index (χ0) is 21.5. The maximum Gasteiger partial charge on any atom is 0.248 e. The van der Waals surface area contributed by atoms with Crippen molar-refractivity contribution in [3.63, 3.8) is 0 Å². The molecule has 6 nitrogen and oxygen atoms in total. The van der Waals surface area contributed by atoms with Crippen LogP contribution in [0.15, 0.2) is 54.4 Å². The molecule has 0 radical (unpaired) electrons. The van der Waals surface area contributed by atoms with E-state index < -0.39 is 5.91 Å². The number of aromatic nitrogens is 2. The Morgan fingerprint density at radius 2 is 1.94 bits per heavy atom. The molecule has 1 aliphatic carbocycles. The van der Waals surface area contributed by atoms with Crippen LogP contribution in [0, 0.1) is 18.3 Å². The highest BCUT2D eigenvalue weighted by atomic mass is 16.1. The van der Waals surface area contributed by atoms with Crippen LogP contribution in [0.1, 0.15) is 53.0 Å². The average Bonchev–Trinajstić information content (AvgIpc) is 2.80. The van der Waals surface area contributed by atoms with Crippen LogP contribution in [0.3, 0.4) is 0 Å². The summed E-state index contributed by atoms with van der Waals surface area (Å²) in [6.45, 7) is 1.94. The lowest BCUT2D eigenvalue weighted by Gasteiger charge is -2.41. The third-order valence-electron chi connectivity index (χ3n) is 6.45. The Morgan fingerprint density at radius 3 is 2.61 bits per heavy atom. The third-order valence-corrected chi connectivity index (χ3v) is 6.45. The Hall–Kier alpha value is -3.54. The monoisotopic (exact) mass is 411 g/mol. The van der Waals surface area contributed by atoms with Crippen LogP contribution in [0.5, 0.6) is 0 Å². The van der Waals surface area contributed by atoms with E-state index in [1.807, 2.05) is 37.3 Å². The summed E-state index contributed by atoms with van der Waals surface area (Å²) < 4.78 is 0. The molecule has 3 aromatic rings. The standard InChI is InChI=1S/C25H25N5O/c1-14-3-2-4-21(29-14)23(26)22(24-15-5-8-17(30-24)9-6-15)18-11-12-28-20-10-7-16(25(27)31)13-19(18)20/h2-4,7,10-13,15,17,26,30H,5-6,8-9H2,1H3,(H2,27,31)/b24-22-,26-23?. The van der Waals surface area contributed by atoms with Gasteiger partial charge in [-0.1, -0.05) is 6.07 Å². The van der Waals surface area contributed by atoms with Crippen molar-refractivity contribution in [1.29, 1.82) is 5.41 Å². The van der Waals surface area contributed by atoms with E-state index in [4.69, 9.17) is 5.73 Å². The SMILES string of the molecule is Cc1cccc(C(=N)/C(=C2\NC3CCC2CC3)c2ccnc3ccc(C(N)=O)cc23)n1. The van der Waals surface area contributed by atoms with Gasteiger partial charge in [-0.25, -0.2) is 0 Å². The van der Waals surface area contributed by atoms with E-state index in [0.717, 1.165) is 46.3 Å². The molecule has 2 bridgehead atoms. The zero-order valence-electron chi connectivity index (χ0n) is 17.5. The van der Waals surface area contributed by atoms with Gasteiger partial charge < -0.3 is 11.1 Å². The van der Waals surface area contributed by atoms with Gasteiger partial charge in [-0.15, -0.1) is 0 Å². The summed E-state index contributed by atoms with van der Waals surface area (Å²) in [7, 11) is 0. The van der Waals surface area contributed by atoms with Gasteiger partial charge in [0.05, 0.1) is 16.9 Å². The summed E-state index contributed by atoms with van der Waals surface area (Å²) >= 11 is 0. The number of nitrogens with two attached hydrogens (primary N) is 1. The topological polar surface area (TPSA) is 105 Å². The Kier molecular flexibility index (Phi) is 4.77. The predicted molar refractivity (Wildman–Crippen MR) is 122 cm³/mol. The summed E-state index contributed by atoms with van der Waals surface area (Å²) in [4.78, 5) is 21.0. The Bertz CT molecular complexity index is 1240. The lowest BCUT2D eigenvalue weighted by atomic mass is 9.76. The fourth-order valence-corrected chi connectivity index (χ4v) is 4.88. The van der Waals surface area contributed by atoms with Gasteiger partial charge in [0.15, 0.2) is 0 Å². The number of rotatable bonds is 4. The highest BCUT2D eigenvalue weighted by Gasteiger charge is 2.34. The maximum absolute atomic E-state index is 11.8. The number of piperidine rings is 2. The molecule has 3 aliphatic rings. The number of aryl methyl sites for hydroxylation is 1. The summed E-state index contributed by atoms with van der Waals surface area (Å²) in [5, 5.41) is 13.7. The van der Waals surface area contributed by atoms with Gasteiger partial charge in [0.2, 0.25) is 5.91 Å². The number of hydrogen-bond acceptors (Lipinski definition) is 5. The van der Waals surface area contributed by atoms with Gasteiger partial charge in [0, 0.05) is 40.2 Å². The average molecular weight is 412 g/mol. The molecule has 1 amide bonds. The molecule has 0 atom stereocenters. The van der Waals surface area contributed by atoms with Crippen LogP contribution in [0.4, 0.5) is 0 Å². The minimum atomic E-state index is -0.476. The van der Waals surface area contributed by atoms with Crippen molar-refractivity contribution in [3.8, 4) is 0 Å². The normalized spacial score (nSPS) is 21.6. The van der Waals surface area contributed by atoms with Gasteiger partial charge in [-0.2, -0.15) is 0 Å². The second kappa shape index (κ2) is 7.61. The smallest absolute Gasteiger partial charge is 0.248 e. The lowest BCUT2D eigenvalue weighted by molar-refractivity contribution is 0.100. The van der Waals surface area contributed by atoms with Crippen LogP contribution in [-0.2, 0) is 0 Å². The van der Waals surface area contributed by atoms with Crippen molar-refractivity contribution in [2.45, 2.75) is 38.6 Å². The molecule has 2 aliphatic heterocycles. The van der Waals surface area contributed by atoms with Gasteiger partial charge in [-0.3, -0.25) is 20.2 Å². The first kappa shape index (κ1) is 19.4. The minimum absolute atomic E-state index is 0.385. The minimum Gasteiger partial charge on any atom is -0.385 e. The molecule has 0 spiro atoms. The van der Waals surface area contributed by atoms with E-state index in [1.165, 1.54) is 12.8 Å². The van der Waals surface area contributed by atoms with E-state index in [9.17, 15) is 10.2 Å². The van der Waals surface area contributed by atoms with Crippen LogP contribution < -0.4 is 11.1 Å². The first-order chi connectivity index (χ1) is 15.0. The summed E-state index contributed by atoms with van der Waals surface area (Å²) in [6, 6.07) is 13.4. The summed E-state index contributed by atoms with van der Waals surface area (Å²) in [5.41, 5.74) is 11.5. The fourth-order valence-electron chi connectivity index (χ4n) is 4.88. The summed E-state index contributed by atoms with van der Waals surface area (Å²) in [5.74, 6) is -0.0797. The van der Waals surface area contributed by atoms with Crippen molar-refractivity contribution >= 4 is 28.1 Å². The molecular formula is C25H25N5O. The number of carbonyl (C=O) groups is 1. The lowest BCUT2D eigenvalue weighted by Crippen LogP contribution is -2.43. The van der Waals surface area contributed by atoms with Gasteiger partial charge in [-0.05, 0) is 80.5 Å². The molecular weight excluding hydrogens is 386 g/mol. The van der Waals surface area contributed by atoms with E-state index in [2.05, 4.69) is 15.3 Å². The fraction of sp³-hybridized carbons (Fsp3) is 0.280. The van der Waals surface area contributed by atoms with E-state index >= 15 is 0 Å². The van der Waals surface area contributed by atoms with E-state index in [0.29, 0.717) is 28.9 Å². The van der Waals surface area contributed by atoms with Crippen molar-refractivity contribution in [1.82, 2.24) is 15.3 Å². The Balaban J connectivity index is 1.77. The molecule has 2 saturated heterocycles. The Morgan fingerprint density at radius 1 is 1.13 bits per heavy atom. The molecule has 2 aromatic heterocycles. The number of primary amides is 1. The number of nitrogens with one attached hydrogen (secondary N) is 2. The Labute approximate surface area is 181 Å². The number of benzene rings is 1. The predicted octanol–water partition coefficient (Wildman–Crippen LogP) is 3.98. The quantitative estimate of drug-likeness (QED) is 0.565. The molecule has 1 saturated carbocycles. The number of carbonyl (C=O) groups excluding carboxylic acids is 1. The van der Waals surface area contributed by atoms with Crippen LogP contribution in [-0.4, -0.2) is 27.6 Å². The molecule has 0 unspecified atom stereocenters. The number of hydrogen-bond donors (Lipinski definition) is 3. The van der Waals surface area contributed by atoms with Crippen LogP contribution >= 0.6 is 0 Å². The highest BCUT2D eigenvalue weighted by molar-refractivity contribution is 6.32. The van der Waals surface area contributed by atoms with Gasteiger partial charge >= 0.3 is 0 Å². The number of allylic oxidation sites excluding steroid dienone is 2. The number of nitrogens with zero attached hydrogens (tertiary/aromatic N) is 2. The van der Waals surface area contributed by atoms with Crippen LogP contribution in [0.25, 0.3) is 16.5 Å². The molecule has 156 valence electrons. The zero-order valence-corrected chi connectivity index (χ0v) is 17.5. The van der Waals surface area contributed by atoms with Crippen molar-refractivity contribution in [2.75, 3.05) is 0 Å². The van der Waals surface area contributed by atoms with Crippen molar-refractivity contribution in [2.24, 2.45) is 11.7 Å². The van der Waals surface area contributed by atoms with E-state index in [-0.39, 0.29) is 0 Å². The molecule has 1 aromatic carbocycles. The van der Waals surface area contributed by atoms with Gasteiger partial charge in [0.1, 0.15) is 0 Å². The molecule has 31 heavy (non-hydrogen) atoms. The number of amides is 1. The molecule has 6 heteroatoms. The third kappa shape index (κ3) is 3.48. The van der Waals surface area contributed by atoms with E-state index in [1.54, 1.807) is 18.3 Å². The largest absolute Gasteiger partial charge is 0.385 e. The molecule has 3 fully saturated rings. The molecule has 6 rings (SSSR count). The second-order valence-electron chi connectivity index (χ2n) is 8.48. The summed E-state index contributed by atoms with van der Waals surface area (Å²) in [6.07, 6.45) is 6.35. The maximum atomic E-state index is 11.8. The molecule has 4 N–H and O–H groups in total. The van der Waals surface area contributed by atoms with Gasteiger partial charge in [0.25, 0.3) is 0 Å². The molecule has 4 heterocycles. The van der Waals surface area contributed by atoms with Crippen LogP contribution in [0.2, 0.25) is 0 Å². The van der Waals surface area contributed by atoms with Crippen molar-refractivity contribution in [3.05, 3.63) is 76.9 Å². The van der Waals surface area contributed by atoms with Crippen molar-refractivity contribution < 1.29 is 4.79 Å².